The van der Waals surface area contributed by atoms with Crippen LogP contribution < -0.4 is 11.1 Å². The molecule has 1 fully saturated rings. The maximum Gasteiger partial charge on any atom is 0.400 e. The van der Waals surface area contributed by atoms with Crippen molar-refractivity contribution in [3.8, 4) is 0 Å². The molecule has 0 radical (unpaired) electrons. The van der Waals surface area contributed by atoms with E-state index in [1.165, 1.54) is 0 Å². The fourth-order valence-electron chi connectivity index (χ4n) is 2.38. The molecule has 0 saturated heterocycles. The summed E-state index contributed by atoms with van der Waals surface area (Å²) in [6.07, 6.45) is -2.63. The van der Waals surface area contributed by atoms with Gasteiger partial charge in [0.1, 0.15) is 5.92 Å². The molecule has 1 aliphatic rings. The van der Waals surface area contributed by atoms with Crippen molar-refractivity contribution in [3.05, 3.63) is 0 Å². The summed E-state index contributed by atoms with van der Waals surface area (Å²) in [4.78, 5) is 0. The Morgan fingerprint density at radius 1 is 1.44 bits per heavy atom. The molecule has 1 saturated carbocycles. The molecule has 0 bridgehead atoms. The number of alkyl halides is 3. The van der Waals surface area contributed by atoms with Crippen LogP contribution in [0.5, 0.6) is 0 Å². The van der Waals surface area contributed by atoms with Crippen molar-refractivity contribution in [2.75, 3.05) is 6.54 Å². The predicted molar refractivity (Wildman–Crippen MR) is 62.3 cm³/mol. The number of rotatable bonds is 4. The molecule has 0 heterocycles. The van der Waals surface area contributed by atoms with Gasteiger partial charge in [-0.15, -0.1) is 0 Å². The van der Waals surface area contributed by atoms with Crippen LogP contribution in [-0.2, 0) is 0 Å². The highest BCUT2D eigenvalue weighted by Gasteiger charge is 2.43. The SMILES string of the molecule is CC1CCC(NCC(C(N)=NO)C(F)(F)F)C1C. The van der Waals surface area contributed by atoms with E-state index >= 15 is 0 Å². The van der Waals surface area contributed by atoms with E-state index in [1.807, 2.05) is 6.92 Å². The van der Waals surface area contributed by atoms with Gasteiger partial charge in [-0.05, 0) is 24.7 Å². The molecule has 4 nitrogen and oxygen atoms in total. The van der Waals surface area contributed by atoms with Crippen LogP contribution >= 0.6 is 0 Å². The van der Waals surface area contributed by atoms with Crippen molar-refractivity contribution < 1.29 is 18.4 Å². The quantitative estimate of drug-likeness (QED) is 0.315. The molecule has 1 aliphatic carbocycles. The Morgan fingerprint density at radius 2 is 2.06 bits per heavy atom. The first-order chi connectivity index (χ1) is 8.27. The van der Waals surface area contributed by atoms with Gasteiger partial charge in [-0.2, -0.15) is 13.2 Å². The Kier molecular flexibility index (Phi) is 4.84. The van der Waals surface area contributed by atoms with Crippen molar-refractivity contribution in [1.82, 2.24) is 5.32 Å². The summed E-state index contributed by atoms with van der Waals surface area (Å²) in [6.45, 7) is 3.78. The first kappa shape index (κ1) is 15.1. The molecule has 18 heavy (non-hydrogen) atoms. The van der Waals surface area contributed by atoms with Gasteiger partial charge in [-0.3, -0.25) is 0 Å². The van der Waals surface area contributed by atoms with Crippen LogP contribution in [0, 0.1) is 17.8 Å². The summed E-state index contributed by atoms with van der Waals surface area (Å²) in [5, 5.41) is 13.8. The van der Waals surface area contributed by atoms with Crippen LogP contribution in [0.2, 0.25) is 0 Å². The van der Waals surface area contributed by atoms with Gasteiger partial charge in [0.05, 0.1) is 0 Å². The number of amidine groups is 1. The maximum atomic E-state index is 12.7. The van der Waals surface area contributed by atoms with E-state index in [0.29, 0.717) is 11.8 Å². The fourth-order valence-corrected chi connectivity index (χ4v) is 2.38. The molecule has 7 heteroatoms. The summed E-state index contributed by atoms with van der Waals surface area (Å²) in [5.74, 6) is -1.89. The van der Waals surface area contributed by atoms with Crippen LogP contribution in [0.1, 0.15) is 26.7 Å². The van der Waals surface area contributed by atoms with Gasteiger partial charge in [0, 0.05) is 12.6 Å². The zero-order valence-corrected chi connectivity index (χ0v) is 10.5. The Bertz CT molecular complexity index is 306. The molecule has 0 amide bonds. The van der Waals surface area contributed by atoms with Gasteiger partial charge in [-0.25, -0.2) is 0 Å². The third kappa shape index (κ3) is 3.51. The van der Waals surface area contributed by atoms with E-state index in [4.69, 9.17) is 10.9 Å². The fraction of sp³-hybridized carbons (Fsp3) is 0.909. The zero-order valence-electron chi connectivity index (χ0n) is 10.5. The van der Waals surface area contributed by atoms with Gasteiger partial charge < -0.3 is 16.3 Å². The van der Waals surface area contributed by atoms with Crippen molar-refractivity contribution in [2.24, 2.45) is 28.6 Å². The van der Waals surface area contributed by atoms with E-state index < -0.39 is 17.9 Å². The normalized spacial score (nSPS) is 31.6. The monoisotopic (exact) mass is 267 g/mol. The third-order valence-electron chi connectivity index (χ3n) is 3.92. The minimum atomic E-state index is -4.50. The lowest BCUT2D eigenvalue weighted by Crippen LogP contribution is -2.46. The highest BCUT2D eigenvalue weighted by molar-refractivity contribution is 5.83. The average Bonchev–Trinajstić information content (AvgIpc) is 2.58. The van der Waals surface area contributed by atoms with E-state index in [9.17, 15) is 13.2 Å². The summed E-state index contributed by atoms with van der Waals surface area (Å²) >= 11 is 0. The zero-order chi connectivity index (χ0) is 13.9. The number of nitrogens with two attached hydrogens (primary N) is 1. The molecular formula is C11H20F3N3O. The highest BCUT2D eigenvalue weighted by atomic mass is 19.4. The van der Waals surface area contributed by atoms with E-state index in [1.54, 1.807) is 0 Å². The molecule has 4 atom stereocenters. The van der Waals surface area contributed by atoms with Crippen LogP contribution in [0.25, 0.3) is 0 Å². The Balaban J connectivity index is 2.58. The molecule has 4 unspecified atom stereocenters. The van der Waals surface area contributed by atoms with E-state index in [0.717, 1.165) is 12.8 Å². The van der Waals surface area contributed by atoms with Crippen molar-refractivity contribution in [2.45, 2.75) is 38.9 Å². The van der Waals surface area contributed by atoms with Crippen LogP contribution in [0.15, 0.2) is 5.16 Å². The molecule has 4 N–H and O–H groups in total. The maximum absolute atomic E-state index is 12.7. The summed E-state index contributed by atoms with van der Waals surface area (Å²) in [7, 11) is 0. The lowest BCUT2D eigenvalue weighted by atomic mass is 9.97. The Hall–Kier alpha value is -0.980. The van der Waals surface area contributed by atoms with Crippen LogP contribution in [-0.4, -0.2) is 29.8 Å². The minimum absolute atomic E-state index is 0.0661. The number of nitrogens with zero attached hydrogens (tertiary/aromatic N) is 1. The second-order valence-electron chi connectivity index (χ2n) is 5.05. The van der Waals surface area contributed by atoms with Crippen LogP contribution in [0.4, 0.5) is 13.2 Å². The molecule has 0 aromatic rings. The molecule has 106 valence electrons. The van der Waals surface area contributed by atoms with Gasteiger partial charge in [-0.1, -0.05) is 19.0 Å². The van der Waals surface area contributed by atoms with Crippen molar-refractivity contribution in [3.63, 3.8) is 0 Å². The largest absolute Gasteiger partial charge is 0.409 e. The Morgan fingerprint density at radius 3 is 2.44 bits per heavy atom. The summed E-state index contributed by atoms with van der Waals surface area (Å²) < 4.78 is 38.1. The third-order valence-corrected chi connectivity index (χ3v) is 3.92. The number of hydrogen-bond donors (Lipinski definition) is 3. The lowest BCUT2D eigenvalue weighted by Gasteiger charge is -2.24. The number of halogens is 3. The molecule has 1 rings (SSSR count). The number of hydrogen-bond acceptors (Lipinski definition) is 3. The molecule has 0 spiro atoms. The van der Waals surface area contributed by atoms with Crippen molar-refractivity contribution in [1.29, 1.82) is 0 Å². The van der Waals surface area contributed by atoms with Gasteiger partial charge in [0.25, 0.3) is 0 Å². The highest BCUT2D eigenvalue weighted by Crippen LogP contribution is 2.32. The first-order valence-electron chi connectivity index (χ1n) is 6.04. The van der Waals surface area contributed by atoms with Gasteiger partial charge >= 0.3 is 6.18 Å². The Labute approximate surface area is 104 Å². The average molecular weight is 267 g/mol. The topological polar surface area (TPSA) is 70.6 Å². The van der Waals surface area contributed by atoms with Crippen LogP contribution in [0.3, 0.4) is 0 Å². The summed E-state index contributed by atoms with van der Waals surface area (Å²) in [5.41, 5.74) is 5.09. The lowest BCUT2D eigenvalue weighted by molar-refractivity contribution is -0.155. The summed E-state index contributed by atoms with van der Waals surface area (Å²) in [6, 6.07) is 0.0661. The molecular weight excluding hydrogens is 247 g/mol. The van der Waals surface area contributed by atoms with E-state index in [-0.39, 0.29) is 12.6 Å². The second kappa shape index (κ2) is 5.77. The standard InChI is InChI=1S/C11H20F3N3O/c1-6-3-4-9(7(6)2)16-5-8(10(15)17-18)11(12,13)14/h6-9,16,18H,3-5H2,1-2H3,(H2,15,17). The molecule has 0 aliphatic heterocycles. The van der Waals surface area contributed by atoms with E-state index in [2.05, 4.69) is 17.4 Å². The minimum Gasteiger partial charge on any atom is -0.409 e. The van der Waals surface area contributed by atoms with Gasteiger partial charge in [0.15, 0.2) is 5.84 Å². The second-order valence-corrected chi connectivity index (χ2v) is 5.05. The molecule has 0 aromatic carbocycles. The van der Waals surface area contributed by atoms with Gasteiger partial charge in [0.2, 0.25) is 0 Å². The molecule has 0 aromatic heterocycles. The number of nitrogens with one attached hydrogen (secondary N) is 1. The number of oxime groups is 1. The van der Waals surface area contributed by atoms with Crippen molar-refractivity contribution >= 4 is 5.84 Å². The first-order valence-corrected chi connectivity index (χ1v) is 6.04. The predicted octanol–water partition coefficient (Wildman–Crippen LogP) is 1.94. The smallest absolute Gasteiger partial charge is 0.400 e.